The van der Waals surface area contributed by atoms with Crippen molar-refractivity contribution in [3.05, 3.63) is 92.4 Å². The lowest BCUT2D eigenvalue weighted by Crippen LogP contribution is -2.37. The number of rotatable bonds is 1. The van der Waals surface area contributed by atoms with Crippen molar-refractivity contribution in [3.63, 3.8) is 0 Å². The highest BCUT2D eigenvalue weighted by Gasteiger charge is 2.31. The first kappa shape index (κ1) is 16.6. The maximum absolute atomic E-state index is 12.9. The van der Waals surface area contributed by atoms with Crippen LogP contribution in [-0.4, -0.2) is 13.7 Å². The minimum Gasteiger partial charge on any atom is -0.371 e. The monoisotopic (exact) mass is 372 g/mol. The molecule has 1 aliphatic rings. The van der Waals surface area contributed by atoms with Crippen molar-refractivity contribution in [1.29, 1.82) is 0 Å². The van der Waals surface area contributed by atoms with Crippen LogP contribution in [0.4, 0.5) is 5.69 Å². The Kier molecular flexibility index (Phi) is 3.40. The van der Waals surface area contributed by atoms with E-state index in [4.69, 9.17) is 0 Å². The molecule has 6 heteroatoms. The maximum atomic E-state index is 12.9. The summed E-state index contributed by atoms with van der Waals surface area (Å²) in [5.74, 6) is 0. The number of aromatic nitrogens is 3. The molecule has 0 spiro atoms. The second-order valence-corrected chi connectivity index (χ2v) is 7.30. The minimum atomic E-state index is -0.325. The molecule has 0 aliphatic carbocycles. The van der Waals surface area contributed by atoms with Crippen LogP contribution in [0.3, 0.4) is 0 Å². The largest absolute Gasteiger partial charge is 0.371 e. The molecule has 28 heavy (non-hydrogen) atoms. The van der Waals surface area contributed by atoms with E-state index in [2.05, 4.69) is 28.9 Å². The van der Waals surface area contributed by atoms with Crippen molar-refractivity contribution < 1.29 is 0 Å². The molecule has 0 amide bonds. The number of para-hydroxylation sites is 2. The molecule has 0 radical (unpaired) electrons. The molecule has 1 N–H and O–H groups in total. The quantitative estimate of drug-likeness (QED) is 0.559. The molecular formula is C22H20N4O2. The van der Waals surface area contributed by atoms with Gasteiger partial charge in [-0.05, 0) is 30.2 Å². The summed E-state index contributed by atoms with van der Waals surface area (Å²) >= 11 is 0. The van der Waals surface area contributed by atoms with Gasteiger partial charge in [0.25, 0.3) is 5.56 Å². The summed E-state index contributed by atoms with van der Waals surface area (Å²) < 4.78 is 4.79. The number of nitrogens with one attached hydrogen (secondary N) is 1. The normalized spacial score (nSPS) is 15.2. The molecule has 4 aromatic rings. The fourth-order valence-corrected chi connectivity index (χ4v) is 4.25. The molecule has 0 saturated heterocycles. The molecule has 140 valence electrons. The fourth-order valence-electron chi connectivity index (χ4n) is 4.25. The Morgan fingerprint density at radius 3 is 2.43 bits per heavy atom. The van der Waals surface area contributed by atoms with Gasteiger partial charge in [0.1, 0.15) is 0 Å². The molecule has 5 rings (SSSR count). The van der Waals surface area contributed by atoms with Crippen LogP contribution in [0.1, 0.15) is 22.9 Å². The van der Waals surface area contributed by atoms with Gasteiger partial charge in [-0.25, -0.2) is 4.79 Å². The molecule has 2 aromatic heterocycles. The molecule has 0 fully saturated rings. The molecule has 0 bridgehead atoms. The van der Waals surface area contributed by atoms with Crippen molar-refractivity contribution in [2.24, 2.45) is 14.1 Å². The Hall–Kier alpha value is -3.54. The van der Waals surface area contributed by atoms with Gasteiger partial charge in [0.2, 0.25) is 0 Å². The Balaban J connectivity index is 1.97. The van der Waals surface area contributed by atoms with Crippen LogP contribution in [0, 0.1) is 6.92 Å². The van der Waals surface area contributed by atoms with Crippen LogP contribution >= 0.6 is 0 Å². The second-order valence-electron chi connectivity index (χ2n) is 7.30. The molecule has 1 unspecified atom stereocenters. The summed E-state index contributed by atoms with van der Waals surface area (Å²) in [5, 5.41) is 4.16. The van der Waals surface area contributed by atoms with Gasteiger partial charge in [-0.3, -0.25) is 13.9 Å². The average Bonchev–Trinajstić information content (AvgIpc) is 3.12. The lowest BCUT2D eigenvalue weighted by atomic mass is 9.96. The van der Waals surface area contributed by atoms with E-state index in [9.17, 15) is 9.59 Å². The van der Waals surface area contributed by atoms with E-state index in [-0.39, 0.29) is 17.3 Å². The smallest absolute Gasteiger partial charge is 0.331 e. The molecule has 1 atom stereocenters. The predicted octanol–water partition coefficient (Wildman–Crippen LogP) is 2.85. The number of anilines is 1. The predicted molar refractivity (Wildman–Crippen MR) is 110 cm³/mol. The van der Waals surface area contributed by atoms with E-state index >= 15 is 0 Å². The van der Waals surface area contributed by atoms with Crippen molar-refractivity contribution >= 4 is 16.6 Å². The third-order valence-corrected chi connectivity index (χ3v) is 5.70. The topological polar surface area (TPSA) is 61.0 Å². The number of aryl methyl sites for hydroxylation is 2. The first-order chi connectivity index (χ1) is 13.5. The number of hydrogen-bond donors (Lipinski definition) is 1. The number of hydrogen-bond acceptors (Lipinski definition) is 3. The van der Waals surface area contributed by atoms with Crippen LogP contribution in [0.2, 0.25) is 0 Å². The SMILES string of the molecule is Cc1ccccc1C1Nc2ccccc2-n2cc3c(=O)n(C)c(=O)n(C)c3c21. The van der Waals surface area contributed by atoms with Crippen LogP contribution in [0.15, 0.2) is 64.3 Å². The highest BCUT2D eigenvalue weighted by atomic mass is 16.2. The zero-order valence-corrected chi connectivity index (χ0v) is 15.9. The number of benzene rings is 2. The summed E-state index contributed by atoms with van der Waals surface area (Å²) in [6, 6.07) is 16.0. The van der Waals surface area contributed by atoms with Crippen molar-refractivity contribution in [2.45, 2.75) is 13.0 Å². The number of fused-ring (bicyclic) bond motifs is 5. The standard InChI is InChI=1S/C22H20N4O2/c1-13-8-4-5-9-14(13)18-20-19-15(21(27)25(3)22(28)24(19)2)12-26(20)17-11-7-6-10-16(17)23-18/h4-12,18,23H,1-3H3. The highest BCUT2D eigenvalue weighted by Crippen LogP contribution is 2.40. The van der Waals surface area contributed by atoms with E-state index in [0.717, 1.165) is 32.8 Å². The Morgan fingerprint density at radius 1 is 0.929 bits per heavy atom. The van der Waals surface area contributed by atoms with Gasteiger partial charge in [-0.15, -0.1) is 0 Å². The molecule has 3 heterocycles. The molecule has 6 nitrogen and oxygen atoms in total. The average molecular weight is 372 g/mol. The number of nitrogens with zero attached hydrogens (tertiary/aromatic N) is 3. The van der Waals surface area contributed by atoms with Crippen LogP contribution < -0.4 is 16.6 Å². The second kappa shape index (κ2) is 5.73. The van der Waals surface area contributed by atoms with Gasteiger partial charge in [0.05, 0.1) is 34.0 Å². The van der Waals surface area contributed by atoms with E-state index in [1.165, 1.54) is 7.05 Å². The first-order valence-corrected chi connectivity index (χ1v) is 9.21. The summed E-state index contributed by atoms with van der Waals surface area (Å²) in [4.78, 5) is 25.5. The third kappa shape index (κ3) is 2.08. The van der Waals surface area contributed by atoms with Crippen molar-refractivity contribution in [1.82, 2.24) is 13.7 Å². The van der Waals surface area contributed by atoms with Gasteiger partial charge in [-0.1, -0.05) is 36.4 Å². The summed E-state index contributed by atoms with van der Waals surface area (Å²) in [7, 11) is 3.24. The van der Waals surface area contributed by atoms with Crippen LogP contribution in [-0.2, 0) is 14.1 Å². The highest BCUT2D eigenvalue weighted by molar-refractivity contribution is 5.86. The van der Waals surface area contributed by atoms with E-state index in [1.807, 2.05) is 42.6 Å². The van der Waals surface area contributed by atoms with E-state index in [0.29, 0.717) is 10.9 Å². The van der Waals surface area contributed by atoms with Crippen LogP contribution in [0.25, 0.3) is 16.6 Å². The van der Waals surface area contributed by atoms with Gasteiger partial charge in [0, 0.05) is 20.3 Å². The summed E-state index contributed by atoms with van der Waals surface area (Å²) in [5.41, 5.74) is 5.19. The van der Waals surface area contributed by atoms with Gasteiger partial charge in [-0.2, -0.15) is 0 Å². The molecular weight excluding hydrogens is 352 g/mol. The van der Waals surface area contributed by atoms with Crippen molar-refractivity contribution in [3.8, 4) is 5.69 Å². The third-order valence-electron chi connectivity index (χ3n) is 5.70. The van der Waals surface area contributed by atoms with Gasteiger partial charge < -0.3 is 9.88 Å². The Morgan fingerprint density at radius 2 is 1.64 bits per heavy atom. The lowest BCUT2D eigenvalue weighted by molar-refractivity contribution is 0.708. The van der Waals surface area contributed by atoms with E-state index < -0.39 is 0 Å². The zero-order valence-electron chi connectivity index (χ0n) is 15.9. The fraction of sp³-hybridized carbons (Fsp3) is 0.182. The zero-order chi connectivity index (χ0) is 19.6. The molecule has 0 saturated carbocycles. The lowest BCUT2D eigenvalue weighted by Gasteiger charge is -2.31. The Bertz CT molecular complexity index is 1370. The molecule has 2 aromatic carbocycles. The van der Waals surface area contributed by atoms with Crippen LogP contribution in [0.5, 0.6) is 0 Å². The maximum Gasteiger partial charge on any atom is 0.331 e. The van der Waals surface area contributed by atoms with E-state index in [1.54, 1.807) is 11.6 Å². The minimum absolute atomic E-state index is 0.175. The first-order valence-electron chi connectivity index (χ1n) is 9.21. The Labute approximate surface area is 161 Å². The summed E-state index contributed by atoms with van der Waals surface area (Å²) in [6.45, 7) is 2.07. The van der Waals surface area contributed by atoms with Crippen molar-refractivity contribution in [2.75, 3.05) is 5.32 Å². The molecule has 1 aliphatic heterocycles. The van der Waals surface area contributed by atoms with Gasteiger partial charge in [0.15, 0.2) is 0 Å². The van der Waals surface area contributed by atoms with Gasteiger partial charge >= 0.3 is 5.69 Å². The summed E-state index contributed by atoms with van der Waals surface area (Å²) in [6.07, 6.45) is 1.86.